The van der Waals surface area contributed by atoms with Crippen LogP contribution in [0, 0.1) is 0 Å². The Morgan fingerprint density at radius 3 is 1.12 bits per heavy atom. The maximum Gasteiger partial charge on any atom is 2.00 e. The van der Waals surface area contributed by atoms with Crippen LogP contribution < -0.4 is 0 Å². The second-order valence-electron chi connectivity index (χ2n) is 0.408. The van der Waals surface area contributed by atoms with Crippen molar-refractivity contribution in [2.24, 2.45) is 0 Å². The Balaban J connectivity index is -0.0000000267. The van der Waals surface area contributed by atoms with E-state index in [-0.39, 0.29) is 39.6 Å². The van der Waals surface area contributed by atoms with Crippen LogP contribution in [0.1, 0.15) is 0 Å². The van der Waals surface area contributed by atoms with E-state index in [1.54, 1.807) is 0 Å². The van der Waals surface area contributed by atoms with Crippen LogP contribution in [0.3, 0.4) is 0 Å². The van der Waals surface area contributed by atoms with Crippen LogP contribution in [-0.4, -0.2) is 23.0 Å². The topological polar surface area (TPSA) is 110 Å². The van der Waals surface area contributed by atoms with Crippen molar-refractivity contribution >= 4 is 10.4 Å². The van der Waals surface area contributed by atoms with Crippen molar-refractivity contribution in [3.05, 3.63) is 0 Å². The molecular formula is HCuFeO5S. The maximum absolute atomic E-state index is 8.52. The first-order chi connectivity index (χ1) is 2.00. The molecule has 0 unspecified atom stereocenters. The molecule has 0 amide bonds. The summed E-state index contributed by atoms with van der Waals surface area (Å²) in [6.45, 7) is 0. The molecular weight excluding hydrogens is 231 g/mol. The summed E-state index contributed by atoms with van der Waals surface area (Å²) in [6.07, 6.45) is 0. The van der Waals surface area contributed by atoms with E-state index in [9.17, 15) is 0 Å². The summed E-state index contributed by atoms with van der Waals surface area (Å²) >= 11 is 0. The van der Waals surface area contributed by atoms with Crippen molar-refractivity contribution in [2.75, 3.05) is 0 Å². The molecule has 0 heterocycles. The molecule has 0 aromatic rings. The standard InChI is InChI=1S/Cu.Fe.H2O4S.H2O/c;;1-5(2,3)4;/h;;(H2,1,2,3,4);1H2/q+1;+2;;/p-3. The zero-order valence-electron chi connectivity index (χ0n) is 3.14. The normalized spacial score (nSPS) is 7.25. The molecule has 0 radical (unpaired) electrons. The Bertz CT molecular complexity index is 95.6. The third-order valence-corrected chi connectivity index (χ3v) is 0. The van der Waals surface area contributed by atoms with E-state index in [2.05, 4.69) is 0 Å². The van der Waals surface area contributed by atoms with Gasteiger partial charge in [0.1, 0.15) is 0 Å². The van der Waals surface area contributed by atoms with Crippen LogP contribution in [-0.2, 0) is 44.5 Å². The Morgan fingerprint density at radius 1 is 1.12 bits per heavy atom. The molecule has 5 nitrogen and oxygen atoms in total. The third kappa shape index (κ3) is 313. The minimum absolute atomic E-state index is 0. The SMILES string of the molecule is O=S(=O)([O-])[O-].[Cu+].[Fe+2].[OH-]. The number of rotatable bonds is 0. The predicted octanol–water partition coefficient (Wildman–Crippen LogP) is -1.52. The van der Waals surface area contributed by atoms with Gasteiger partial charge in [-0.2, -0.15) is 0 Å². The van der Waals surface area contributed by atoms with Gasteiger partial charge in [-0.3, -0.25) is 8.42 Å². The third-order valence-electron chi connectivity index (χ3n) is 0. The predicted molar refractivity (Wildman–Crippen MR) is 12.4 cm³/mol. The van der Waals surface area contributed by atoms with Crippen molar-refractivity contribution in [3.63, 3.8) is 0 Å². The molecule has 8 heteroatoms. The van der Waals surface area contributed by atoms with Crippen molar-refractivity contribution in [1.82, 2.24) is 0 Å². The van der Waals surface area contributed by atoms with Gasteiger partial charge in [-0.1, -0.05) is 0 Å². The maximum atomic E-state index is 8.52. The van der Waals surface area contributed by atoms with Crippen LogP contribution in [0.15, 0.2) is 0 Å². The average molecular weight is 232 g/mol. The van der Waals surface area contributed by atoms with Gasteiger partial charge >= 0.3 is 34.1 Å². The van der Waals surface area contributed by atoms with Crippen LogP contribution in [0.4, 0.5) is 0 Å². The average Bonchev–Trinajstić information content (AvgIpc) is 0.722. The van der Waals surface area contributed by atoms with E-state index >= 15 is 0 Å². The molecule has 0 bridgehead atoms. The number of hydrogen-bond acceptors (Lipinski definition) is 5. The van der Waals surface area contributed by atoms with Gasteiger partial charge in [-0.05, 0) is 0 Å². The van der Waals surface area contributed by atoms with Crippen molar-refractivity contribution in [1.29, 1.82) is 0 Å². The zero-order chi connectivity index (χ0) is 4.50. The molecule has 0 aliphatic heterocycles. The number of hydrogen-bond donors (Lipinski definition) is 0. The minimum Gasteiger partial charge on any atom is -0.870 e. The van der Waals surface area contributed by atoms with Gasteiger partial charge in [0.2, 0.25) is 0 Å². The van der Waals surface area contributed by atoms with Crippen LogP contribution >= 0.6 is 0 Å². The minimum atomic E-state index is -5.17. The van der Waals surface area contributed by atoms with Crippen LogP contribution in [0.2, 0.25) is 0 Å². The monoisotopic (exact) mass is 232 g/mol. The Morgan fingerprint density at radius 2 is 1.12 bits per heavy atom. The fourth-order valence-electron chi connectivity index (χ4n) is 0. The largest absolute Gasteiger partial charge is 2.00 e. The van der Waals surface area contributed by atoms with Gasteiger partial charge < -0.3 is 14.6 Å². The first-order valence-corrected chi connectivity index (χ1v) is 2.00. The summed E-state index contributed by atoms with van der Waals surface area (Å²) in [4.78, 5) is 0. The second-order valence-corrected chi connectivity index (χ2v) is 1.22. The summed E-state index contributed by atoms with van der Waals surface area (Å²) in [5, 5.41) is 0. The van der Waals surface area contributed by atoms with Gasteiger partial charge in [0.25, 0.3) is 0 Å². The van der Waals surface area contributed by atoms with E-state index in [1.165, 1.54) is 0 Å². The summed E-state index contributed by atoms with van der Waals surface area (Å²) in [5.41, 5.74) is 0. The molecule has 0 aromatic heterocycles. The second kappa shape index (κ2) is 7.87. The van der Waals surface area contributed by atoms with Crippen LogP contribution in [0.5, 0.6) is 0 Å². The molecule has 0 rings (SSSR count). The van der Waals surface area contributed by atoms with E-state index < -0.39 is 10.4 Å². The summed E-state index contributed by atoms with van der Waals surface area (Å²) < 4.78 is 34.1. The molecule has 0 saturated heterocycles. The molecule has 0 fully saturated rings. The molecule has 0 aliphatic carbocycles. The Labute approximate surface area is 67.7 Å². The summed E-state index contributed by atoms with van der Waals surface area (Å²) in [7, 11) is -5.17. The van der Waals surface area contributed by atoms with Crippen molar-refractivity contribution in [2.45, 2.75) is 0 Å². The molecule has 0 spiro atoms. The Kier molecular flexibility index (Phi) is 22.8. The molecule has 0 aromatic carbocycles. The van der Waals surface area contributed by atoms with E-state index in [0.29, 0.717) is 0 Å². The van der Waals surface area contributed by atoms with Gasteiger partial charge in [0, 0.05) is 10.4 Å². The van der Waals surface area contributed by atoms with E-state index in [0.717, 1.165) is 0 Å². The van der Waals surface area contributed by atoms with E-state index in [4.69, 9.17) is 17.5 Å². The molecule has 8 heavy (non-hydrogen) atoms. The fraction of sp³-hybridized carbons (Fsp3) is 0. The van der Waals surface area contributed by atoms with E-state index in [1.807, 2.05) is 0 Å². The van der Waals surface area contributed by atoms with Crippen LogP contribution in [0.25, 0.3) is 0 Å². The smallest absolute Gasteiger partial charge is 0.870 e. The van der Waals surface area contributed by atoms with Crippen molar-refractivity contribution < 1.29 is 57.1 Å². The van der Waals surface area contributed by atoms with Gasteiger partial charge in [0.05, 0.1) is 0 Å². The molecule has 1 N–H and O–H groups in total. The summed E-state index contributed by atoms with van der Waals surface area (Å²) in [6, 6.07) is 0. The Hall–Kier alpha value is 0.869. The molecule has 0 saturated carbocycles. The van der Waals surface area contributed by atoms with Gasteiger partial charge in [-0.25, -0.2) is 0 Å². The molecule has 0 aliphatic rings. The van der Waals surface area contributed by atoms with Gasteiger partial charge in [-0.15, -0.1) is 0 Å². The fourth-order valence-corrected chi connectivity index (χ4v) is 0. The van der Waals surface area contributed by atoms with Crippen molar-refractivity contribution in [3.8, 4) is 0 Å². The first-order valence-electron chi connectivity index (χ1n) is 0.667. The zero-order valence-corrected chi connectivity index (χ0v) is 6.01. The summed E-state index contributed by atoms with van der Waals surface area (Å²) in [5.74, 6) is 0. The quantitative estimate of drug-likeness (QED) is 0.286. The van der Waals surface area contributed by atoms with Gasteiger partial charge in [0.15, 0.2) is 0 Å². The molecule has 0 atom stereocenters. The first kappa shape index (κ1) is 23.2. The molecule has 56 valence electrons.